The third-order valence-corrected chi connectivity index (χ3v) is 5.98. The number of rotatable bonds is 3. The van der Waals surface area contributed by atoms with E-state index in [1.54, 1.807) is 12.5 Å². The average Bonchev–Trinajstić information content (AvgIpc) is 3.13. The maximum absolute atomic E-state index is 12.4. The van der Waals surface area contributed by atoms with Gasteiger partial charge in [-0.15, -0.1) is 11.8 Å². The van der Waals surface area contributed by atoms with Gasteiger partial charge in [-0.2, -0.15) is 0 Å². The van der Waals surface area contributed by atoms with E-state index in [4.69, 9.17) is 9.15 Å². The van der Waals surface area contributed by atoms with Gasteiger partial charge in [0.25, 0.3) is 5.91 Å². The minimum absolute atomic E-state index is 0.00665. The lowest BCUT2D eigenvalue weighted by Crippen LogP contribution is -2.60. The molecule has 4 rings (SSSR count). The number of hydrogen-bond donors (Lipinski definition) is 0. The summed E-state index contributed by atoms with van der Waals surface area (Å²) >= 11 is 1.90. The van der Waals surface area contributed by atoms with Crippen LogP contribution in [0.5, 0.6) is 5.88 Å². The second-order valence-corrected chi connectivity index (χ2v) is 7.69. The molecule has 2 aliphatic heterocycles. The Kier molecular flexibility index (Phi) is 3.56. The summed E-state index contributed by atoms with van der Waals surface area (Å²) in [7, 11) is 0. The lowest BCUT2D eigenvalue weighted by molar-refractivity contribution is 0.0484. The van der Waals surface area contributed by atoms with Crippen LogP contribution in [0.2, 0.25) is 0 Å². The predicted octanol–water partition coefficient (Wildman–Crippen LogP) is 2.76. The smallest absolute Gasteiger partial charge is 0.289 e. The second-order valence-electron chi connectivity index (χ2n) is 6.20. The van der Waals surface area contributed by atoms with Crippen LogP contribution in [-0.4, -0.2) is 45.5 Å². The van der Waals surface area contributed by atoms with E-state index in [0.29, 0.717) is 11.6 Å². The van der Waals surface area contributed by atoms with Gasteiger partial charge in [-0.25, -0.2) is 4.98 Å². The summed E-state index contributed by atoms with van der Waals surface area (Å²) in [5, 5.41) is 0. The Morgan fingerprint density at radius 1 is 1.43 bits per heavy atom. The van der Waals surface area contributed by atoms with Gasteiger partial charge in [0.05, 0.1) is 11.0 Å². The molecule has 2 aromatic heterocycles. The number of aromatic nitrogens is 1. The van der Waals surface area contributed by atoms with Gasteiger partial charge in [0.2, 0.25) is 5.88 Å². The van der Waals surface area contributed by atoms with Crippen LogP contribution in [0.3, 0.4) is 0 Å². The summed E-state index contributed by atoms with van der Waals surface area (Å²) in [5.74, 6) is 2.07. The van der Waals surface area contributed by atoms with Gasteiger partial charge >= 0.3 is 0 Å². The molecule has 23 heavy (non-hydrogen) atoms. The number of nitrogens with zero attached hydrogens (tertiary/aromatic N) is 2. The Labute approximate surface area is 139 Å². The van der Waals surface area contributed by atoms with Crippen molar-refractivity contribution in [1.82, 2.24) is 9.88 Å². The molecule has 5 nitrogen and oxygen atoms in total. The Hall–Kier alpha value is -1.95. The fraction of sp³-hybridized carbons (Fsp3) is 0.412. The lowest BCUT2D eigenvalue weighted by atomic mass is 9.92. The van der Waals surface area contributed by atoms with Crippen molar-refractivity contribution >= 4 is 17.7 Å². The molecule has 1 atom stereocenters. The van der Waals surface area contributed by atoms with Crippen molar-refractivity contribution in [1.29, 1.82) is 0 Å². The molecule has 1 amide bonds. The van der Waals surface area contributed by atoms with Crippen LogP contribution in [0.25, 0.3) is 0 Å². The fourth-order valence-corrected chi connectivity index (χ4v) is 4.74. The SMILES string of the molecule is Cc1ccoc1C(=O)N1CC2(C[C@H](Oc3ccccn3)CS2)C1. The molecule has 0 bridgehead atoms. The summed E-state index contributed by atoms with van der Waals surface area (Å²) in [4.78, 5) is 18.5. The van der Waals surface area contributed by atoms with Crippen molar-refractivity contribution in [3.8, 4) is 5.88 Å². The molecule has 6 heteroatoms. The van der Waals surface area contributed by atoms with Crippen LogP contribution < -0.4 is 4.74 Å². The van der Waals surface area contributed by atoms with Gasteiger partial charge in [0.1, 0.15) is 6.10 Å². The summed E-state index contributed by atoms with van der Waals surface area (Å²) < 4.78 is 11.4. The zero-order valence-corrected chi connectivity index (χ0v) is 13.7. The molecule has 4 heterocycles. The molecule has 2 saturated heterocycles. The zero-order chi connectivity index (χ0) is 15.9. The minimum atomic E-state index is -0.00665. The van der Waals surface area contributed by atoms with Gasteiger partial charge in [0.15, 0.2) is 5.76 Å². The highest BCUT2D eigenvalue weighted by molar-refractivity contribution is 8.01. The van der Waals surface area contributed by atoms with Crippen molar-refractivity contribution in [3.63, 3.8) is 0 Å². The van der Waals surface area contributed by atoms with Crippen molar-refractivity contribution in [2.75, 3.05) is 18.8 Å². The molecule has 0 aromatic carbocycles. The molecular formula is C17H18N2O3S. The number of thioether (sulfide) groups is 1. The standard InChI is InChI=1S/C17H18N2O3S/c1-12-5-7-21-15(12)16(20)19-10-17(11-19)8-13(9-23-17)22-14-4-2-3-6-18-14/h2-7,13H,8-11H2,1H3/t13-/m0/s1. The van der Waals surface area contributed by atoms with Crippen molar-refractivity contribution in [2.24, 2.45) is 0 Å². The number of hydrogen-bond acceptors (Lipinski definition) is 5. The first kappa shape index (κ1) is 14.6. The van der Waals surface area contributed by atoms with E-state index in [1.165, 1.54) is 0 Å². The maximum atomic E-state index is 12.4. The number of ether oxygens (including phenoxy) is 1. The van der Waals surface area contributed by atoms with Gasteiger partial charge in [0, 0.05) is 43.1 Å². The first-order chi connectivity index (χ1) is 11.2. The van der Waals surface area contributed by atoms with Crippen LogP contribution in [0.15, 0.2) is 41.1 Å². The van der Waals surface area contributed by atoms with Crippen molar-refractivity contribution in [3.05, 3.63) is 48.0 Å². The van der Waals surface area contributed by atoms with E-state index in [9.17, 15) is 4.79 Å². The van der Waals surface area contributed by atoms with Crippen LogP contribution in [0, 0.1) is 6.92 Å². The molecule has 0 saturated carbocycles. The average molecular weight is 330 g/mol. The molecule has 2 aliphatic rings. The third kappa shape index (κ3) is 2.72. The largest absolute Gasteiger partial charge is 0.473 e. The van der Waals surface area contributed by atoms with E-state index in [1.807, 2.05) is 47.9 Å². The number of aryl methyl sites for hydroxylation is 1. The number of amides is 1. The zero-order valence-electron chi connectivity index (χ0n) is 12.9. The molecular weight excluding hydrogens is 312 g/mol. The quantitative estimate of drug-likeness (QED) is 0.866. The van der Waals surface area contributed by atoms with Crippen LogP contribution >= 0.6 is 11.8 Å². The lowest BCUT2D eigenvalue weighted by Gasteiger charge is -2.47. The molecule has 0 aliphatic carbocycles. The van der Waals surface area contributed by atoms with Crippen LogP contribution in [0.1, 0.15) is 22.5 Å². The monoisotopic (exact) mass is 330 g/mol. The van der Waals surface area contributed by atoms with Crippen LogP contribution in [0.4, 0.5) is 0 Å². The highest BCUT2D eigenvalue weighted by atomic mass is 32.2. The van der Waals surface area contributed by atoms with E-state index >= 15 is 0 Å². The highest BCUT2D eigenvalue weighted by Gasteiger charge is 2.51. The number of carbonyl (C=O) groups is 1. The second kappa shape index (κ2) is 5.60. The van der Waals surface area contributed by atoms with Gasteiger partial charge in [-0.3, -0.25) is 4.79 Å². The fourth-order valence-electron chi connectivity index (χ4n) is 3.21. The molecule has 0 radical (unpaired) electrons. The molecule has 0 unspecified atom stereocenters. The predicted molar refractivity (Wildman–Crippen MR) is 87.8 cm³/mol. The number of pyridine rings is 1. The van der Waals surface area contributed by atoms with Gasteiger partial charge in [-0.1, -0.05) is 6.07 Å². The van der Waals surface area contributed by atoms with E-state index in [-0.39, 0.29) is 16.8 Å². The third-order valence-electron chi connectivity index (χ3n) is 4.40. The Morgan fingerprint density at radius 2 is 2.30 bits per heavy atom. The van der Waals surface area contributed by atoms with E-state index in [0.717, 1.165) is 30.8 Å². The maximum Gasteiger partial charge on any atom is 0.289 e. The normalized spacial score (nSPS) is 22.1. The number of furan rings is 1. The van der Waals surface area contributed by atoms with Crippen molar-refractivity contribution < 1.29 is 13.9 Å². The van der Waals surface area contributed by atoms with Gasteiger partial charge < -0.3 is 14.1 Å². The van der Waals surface area contributed by atoms with Crippen LogP contribution in [-0.2, 0) is 0 Å². The number of carbonyl (C=O) groups excluding carboxylic acids is 1. The first-order valence-corrected chi connectivity index (χ1v) is 8.69. The highest BCUT2D eigenvalue weighted by Crippen LogP contribution is 2.46. The molecule has 0 N–H and O–H groups in total. The number of likely N-dealkylation sites (tertiary alicyclic amines) is 1. The first-order valence-electron chi connectivity index (χ1n) is 7.70. The van der Waals surface area contributed by atoms with E-state index < -0.39 is 0 Å². The summed E-state index contributed by atoms with van der Waals surface area (Å²) in [6.07, 6.45) is 4.43. The molecule has 1 spiro atoms. The molecule has 2 aromatic rings. The Morgan fingerprint density at radius 3 is 3.00 bits per heavy atom. The topological polar surface area (TPSA) is 55.6 Å². The van der Waals surface area contributed by atoms with E-state index in [2.05, 4.69) is 4.98 Å². The van der Waals surface area contributed by atoms with Gasteiger partial charge in [-0.05, 0) is 19.1 Å². The Bertz CT molecular complexity index is 710. The minimum Gasteiger partial charge on any atom is -0.473 e. The summed E-state index contributed by atoms with van der Waals surface area (Å²) in [6.45, 7) is 3.42. The summed E-state index contributed by atoms with van der Waals surface area (Å²) in [6, 6.07) is 7.51. The molecule has 120 valence electrons. The summed E-state index contributed by atoms with van der Waals surface area (Å²) in [5.41, 5.74) is 0.895. The Balaban J connectivity index is 1.35. The van der Waals surface area contributed by atoms with Crippen molar-refractivity contribution in [2.45, 2.75) is 24.2 Å². The molecule has 2 fully saturated rings.